The summed E-state index contributed by atoms with van der Waals surface area (Å²) in [6.07, 6.45) is 3.82. The highest BCUT2D eigenvalue weighted by molar-refractivity contribution is 6.33. The Kier molecular flexibility index (Phi) is 6.71. The van der Waals surface area contributed by atoms with Gasteiger partial charge in [-0.3, -0.25) is 14.4 Å². The smallest absolute Gasteiger partial charge is 0.272 e. The van der Waals surface area contributed by atoms with Crippen LogP contribution in [0.3, 0.4) is 0 Å². The third-order valence-electron chi connectivity index (χ3n) is 5.23. The molecule has 1 aromatic carbocycles. The largest absolute Gasteiger partial charge is 0.364 e. The van der Waals surface area contributed by atoms with Crippen molar-refractivity contribution in [3.05, 3.63) is 46.8 Å². The van der Waals surface area contributed by atoms with Crippen molar-refractivity contribution in [1.29, 1.82) is 0 Å². The lowest BCUT2D eigenvalue weighted by Crippen LogP contribution is -2.31. The van der Waals surface area contributed by atoms with Gasteiger partial charge >= 0.3 is 0 Å². The molecule has 0 saturated heterocycles. The highest BCUT2D eigenvalue weighted by Crippen LogP contribution is 2.34. The molecule has 0 spiro atoms. The molecule has 1 aromatic heterocycles. The summed E-state index contributed by atoms with van der Waals surface area (Å²) in [4.78, 5) is 40.8. The minimum Gasteiger partial charge on any atom is -0.364 e. The first-order chi connectivity index (χ1) is 14.3. The van der Waals surface area contributed by atoms with Gasteiger partial charge in [-0.1, -0.05) is 11.6 Å². The van der Waals surface area contributed by atoms with Crippen LogP contribution in [0.5, 0.6) is 0 Å². The summed E-state index contributed by atoms with van der Waals surface area (Å²) < 4.78 is 14.8. The van der Waals surface area contributed by atoms with Crippen LogP contribution >= 0.6 is 11.6 Å². The number of nitrogens with two attached hydrogens (primary N) is 1. The van der Waals surface area contributed by atoms with Gasteiger partial charge in [-0.05, 0) is 50.8 Å². The number of imidazole rings is 1. The van der Waals surface area contributed by atoms with Crippen molar-refractivity contribution in [2.24, 2.45) is 11.7 Å². The number of halogens is 2. The first kappa shape index (κ1) is 21.8. The van der Waals surface area contributed by atoms with Gasteiger partial charge in [0, 0.05) is 18.5 Å². The van der Waals surface area contributed by atoms with Gasteiger partial charge in [0.15, 0.2) is 5.69 Å². The predicted octanol–water partition coefficient (Wildman–Crippen LogP) is 2.89. The van der Waals surface area contributed by atoms with Gasteiger partial charge < -0.3 is 20.9 Å². The van der Waals surface area contributed by atoms with E-state index >= 15 is 0 Å². The maximum atomic E-state index is 13.2. The van der Waals surface area contributed by atoms with E-state index in [0.717, 1.165) is 6.07 Å². The van der Waals surface area contributed by atoms with Crippen LogP contribution in [0.1, 0.15) is 59.6 Å². The quantitative estimate of drug-likeness (QED) is 0.646. The molecular weight excluding hydrogens is 413 g/mol. The second-order valence-corrected chi connectivity index (χ2v) is 7.60. The highest BCUT2D eigenvalue weighted by atomic mass is 35.5. The zero-order valence-corrected chi connectivity index (χ0v) is 17.2. The zero-order chi connectivity index (χ0) is 21.8. The molecule has 1 fully saturated rings. The number of hydrogen-bond donors (Lipinski definition) is 3. The Morgan fingerprint density at radius 3 is 2.57 bits per heavy atom. The molecule has 30 heavy (non-hydrogen) atoms. The van der Waals surface area contributed by atoms with Crippen LogP contribution in [0.2, 0.25) is 5.02 Å². The molecular formula is C20H23ClFN5O3. The molecule has 1 aliphatic carbocycles. The molecule has 160 valence electrons. The summed E-state index contributed by atoms with van der Waals surface area (Å²) in [5.41, 5.74) is 5.95. The number of benzene rings is 1. The number of carbonyl (C=O) groups is 3. The summed E-state index contributed by atoms with van der Waals surface area (Å²) in [7, 11) is 0. The van der Waals surface area contributed by atoms with E-state index < -0.39 is 17.6 Å². The highest BCUT2D eigenvalue weighted by Gasteiger charge is 2.31. The lowest BCUT2D eigenvalue weighted by atomic mass is 9.85. The van der Waals surface area contributed by atoms with Crippen LogP contribution in [-0.4, -0.2) is 33.8 Å². The first-order valence-electron chi connectivity index (χ1n) is 9.72. The van der Waals surface area contributed by atoms with Gasteiger partial charge in [-0.2, -0.15) is 0 Å². The number of nitrogens with one attached hydrogen (secondary N) is 2. The van der Waals surface area contributed by atoms with Crippen LogP contribution in [0.25, 0.3) is 0 Å². The van der Waals surface area contributed by atoms with Gasteiger partial charge in [0.25, 0.3) is 11.8 Å². The van der Waals surface area contributed by atoms with Gasteiger partial charge in [-0.25, -0.2) is 9.37 Å². The van der Waals surface area contributed by atoms with Crippen molar-refractivity contribution in [3.8, 4) is 0 Å². The Labute approximate surface area is 178 Å². The third kappa shape index (κ3) is 4.62. The fourth-order valence-electron chi connectivity index (χ4n) is 3.73. The Morgan fingerprint density at radius 2 is 1.97 bits per heavy atom. The normalized spacial score (nSPS) is 18.6. The van der Waals surface area contributed by atoms with E-state index in [0.29, 0.717) is 37.9 Å². The number of nitrogens with zero attached hydrogens (tertiary/aromatic N) is 2. The average Bonchev–Trinajstić information content (AvgIpc) is 3.16. The second-order valence-electron chi connectivity index (χ2n) is 7.19. The molecule has 1 aliphatic rings. The maximum absolute atomic E-state index is 13.2. The van der Waals surface area contributed by atoms with E-state index in [1.165, 1.54) is 18.5 Å². The van der Waals surface area contributed by atoms with E-state index in [-0.39, 0.29) is 34.3 Å². The van der Waals surface area contributed by atoms with Crippen molar-refractivity contribution in [2.75, 3.05) is 11.9 Å². The van der Waals surface area contributed by atoms with Crippen molar-refractivity contribution >= 4 is 35.0 Å². The summed E-state index contributed by atoms with van der Waals surface area (Å²) in [6.45, 7) is 2.17. The van der Waals surface area contributed by atoms with Crippen molar-refractivity contribution in [1.82, 2.24) is 14.9 Å². The van der Waals surface area contributed by atoms with Crippen molar-refractivity contribution in [3.63, 3.8) is 0 Å². The SMILES string of the molecule is CCNC(=O)c1ncn([C@H]2CC[C@H](C(=O)Nc3ccc(F)cc3Cl)CC2)c1C(N)=O. The molecule has 0 aliphatic heterocycles. The molecule has 4 N–H and O–H groups in total. The molecule has 8 nitrogen and oxygen atoms in total. The first-order valence-corrected chi connectivity index (χ1v) is 10.1. The number of rotatable bonds is 6. The third-order valence-corrected chi connectivity index (χ3v) is 5.54. The Morgan fingerprint density at radius 1 is 1.27 bits per heavy atom. The molecule has 3 rings (SSSR count). The van der Waals surface area contributed by atoms with E-state index in [2.05, 4.69) is 15.6 Å². The summed E-state index contributed by atoms with van der Waals surface area (Å²) in [5, 5.41) is 5.50. The molecule has 0 radical (unpaired) electrons. The molecule has 3 amide bonds. The van der Waals surface area contributed by atoms with Crippen LogP contribution in [0.15, 0.2) is 24.5 Å². The minimum atomic E-state index is -0.723. The standard InChI is InChI=1S/C20H23ClFN5O3/c1-2-24-20(30)16-17(18(23)28)27(10-25-16)13-6-3-11(4-7-13)19(29)26-15-8-5-12(22)9-14(15)21/h5,8-11,13H,2-4,6-7H2,1H3,(H2,23,28)(H,24,30)(H,26,29)/t11-,13-. The summed E-state index contributed by atoms with van der Waals surface area (Å²) >= 11 is 5.97. The lowest BCUT2D eigenvalue weighted by molar-refractivity contribution is -0.121. The molecule has 0 atom stereocenters. The van der Waals surface area contributed by atoms with Crippen LogP contribution < -0.4 is 16.4 Å². The molecule has 1 saturated carbocycles. The van der Waals surface area contributed by atoms with Crippen LogP contribution in [0, 0.1) is 11.7 Å². The summed E-state index contributed by atoms with van der Waals surface area (Å²) in [5.74, 6) is -2.08. The molecule has 0 unspecified atom stereocenters. The Hall–Kier alpha value is -2.94. The van der Waals surface area contributed by atoms with E-state index in [4.69, 9.17) is 17.3 Å². The maximum Gasteiger partial charge on any atom is 0.272 e. The van der Waals surface area contributed by atoms with Crippen molar-refractivity contribution in [2.45, 2.75) is 38.6 Å². The molecule has 10 heteroatoms. The number of hydrogen-bond acceptors (Lipinski definition) is 4. The predicted molar refractivity (Wildman–Crippen MR) is 110 cm³/mol. The van der Waals surface area contributed by atoms with Gasteiger partial charge in [-0.15, -0.1) is 0 Å². The lowest BCUT2D eigenvalue weighted by Gasteiger charge is -2.29. The number of carbonyl (C=O) groups excluding carboxylic acids is 3. The van der Waals surface area contributed by atoms with Gasteiger partial charge in [0.05, 0.1) is 17.0 Å². The zero-order valence-electron chi connectivity index (χ0n) is 16.5. The van der Waals surface area contributed by atoms with Crippen LogP contribution in [0.4, 0.5) is 10.1 Å². The van der Waals surface area contributed by atoms with E-state index in [1.54, 1.807) is 11.5 Å². The number of primary amides is 1. The monoisotopic (exact) mass is 435 g/mol. The number of anilines is 1. The summed E-state index contributed by atoms with van der Waals surface area (Å²) in [6, 6.07) is 3.70. The molecule has 1 heterocycles. The Bertz CT molecular complexity index is 969. The Balaban J connectivity index is 1.67. The molecule has 0 bridgehead atoms. The fourth-order valence-corrected chi connectivity index (χ4v) is 3.95. The number of aromatic nitrogens is 2. The fraction of sp³-hybridized carbons (Fsp3) is 0.400. The second kappa shape index (κ2) is 9.25. The molecule has 2 aromatic rings. The minimum absolute atomic E-state index is 0.00942. The topological polar surface area (TPSA) is 119 Å². The van der Waals surface area contributed by atoms with Crippen LogP contribution in [-0.2, 0) is 4.79 Å². The van der Waals surface area contributed by atoms with Gasteiger partial charge in [0.1, 0.15) is 11.5 Å². The van der Waals surface area contributed by atoms with Gasteiger partial charge in [0.2, 0.25) is 5.91 Å². The van der Waals surface area contributed by atoms with Crippen molar-refractivity contribution < 1.29 is 18.8 Å². The van der Waals surface area contributed by atoms with E-state index in [1.807, 2.05) is 0 Å². The average molecular weight is 436 g/mol. The van der Waals surface area contributed by atoms with E-state index in [9.17, 15) is 18.8 Å². The number of amides is 3.